The third-order valence-corrected chi connectivity index (χ3v) is 4.13. The Labute approximate surface area is 178 Å². The van der Waals surface area contributed by atoms with E-state index in [2.05, 4.69) is 4.74 Å². The monoisotopic (exact) mass is 435 g/mol. The maximum Gasteiger partial charge on any atom is 0.387 e. The summed E-state index contributed by atoms with van der Waals surface area (Å²) in [7, 11) is 4.46. The lowest BCUT2D eigenvalue weighted by atomic mass is 10.2. The van der Waals surface area contributed by atoms with Gasteiger partial charge in [-0.2, -0.15) is 8.78 Å². The van der Waals surface area contributed by atoms with Crippen LogP contribution in [-0.4, -0.2) is 51.3 Å². The number of ether oxygens (including phenoxy) is 4. The third kappa shape index (κ3) is 7.61. The summed E-state index contributed by atoms with van der Waals surface area (Å²) in [4.78, 5) is 25.5. The summed E-state index contributed by atoms with van der Waals surface area (Å²) in [6.07, 6.45) is 2.53. The van der Waals surface area contributed by atoms with E-state index in [0.29, 0.717) is 17.9 Å². The van der Waals surface area contributed by atoms with E-state index in [1.165, 1.54) is 36.3 Å². The second-order valence-corrected chi connectivity index (χ2v) is 6.33. The molecule has 0 aliphatic heterocycles. The molecule has 0 spiro atoms. The van der Waals surface area contributed by atoms with Gasteiger partial charge in [0.25, 0.3) is 5.91 Å². The van der Waals surface area contributed by atoms with Gasteiger partial charge >= 0.3 is 12.6 Å². The Hall–Kier alpha value is -3.62. The fraction of sp³-hybridized carbons (Fsp3) is 0.273. The van der Waals surface area contributed by atoms with Crippen molar-refractivity contribution in [1.82, 2.24) is 4.90 Å². The van der Waals surface area contributed by atoms with Crippen LogP contribution in [0.3, 0.4) is 0 Å². The van der Waals surface area contributed by atoms with E-state index >= 15 is 0 Å². The molecule has 166 valence electrons. The molecule has 0 unspecified atom stereocenters. The number of amides is 1. The molecule has 2 aromatic carbocycles. The molecule has 0 N–H and O–H groups in total. The molecular formula is C22H23F2NO6. The van der Waals surface area contributed by atoms with Crippen LogP contribution in [0.5, 0.6) is 17.2 Å². The SMILES string of the molecule is COc1cccc(CN(C)C(=O)COC(=O)/C=C/c2ccc(OC(F)F)c(OC)c2)c1. The van der Waals surface area contributed by atoms with Crippen molar-refractivity contribution in [3.05, 3.63) is 59.7 Å². The van der Waals surface area contributed by atoms with Gasteiger partial charge in [-0.25, -0.2) is 4.79 Å². The Morgan fingerprint density at radius 3 is 2.52 bits per heavy atom. The predicted octanol–water partition coefficient (Wildman–Crippen LogP) is 3.52. The zero-order valence-corrected chi connectivity index (χ0v) is 17.3. The van der Waals surface area contributed by atoms with Gasteiger partial charge in [-0.15, -0.1) is 0 Å². The number of methoxy groups -OCH3 is 2. The van der Waals surface area contributed by atoms with Crippen LogP contribution in [0.25, 0.3) is 6.08 Å². The van der Waals surface area contributed by atoms with Crippen molar-refractivity contribution in [3.63, 3.8) is 0 Å². The number of carbonyl (C=O) groups excluding carboxylic acids is 2. The molecule has 2 aromatic rings. The molecule has 2 rings (SSSR count). The minimum Gasteiger partial charge on any atom is -0.497 e. The molecular weight excluding hydrogens is 412 g/mol. The summed E-state index contributed by atoms with van der Waals surface area (Å²) in [6.45, 7) is -3.07. The largest absolute Gasteiger partial charge is 0.497 e. The molecule has 0 heterocycles. The molecule has 0 atom stereocenters. The quantitative estimate of drug-likeness (QED) is 0.420. The predicted molar refractivity (Wildman–Crippen MR) is 109 cm³/mol. The number of hydrogen-bond donors (Lipinski definition) is 0. The van der Waals surface area contributed by atoms with Crippen LogP contribution in [0.2, 0.25) is 0 Å². The number of rotatable bonds is 10. The van der Waals surface area contributed by atoms with Gasteiger partial charge in [-0.1, -0.05) is 18.2 Å². The summed E-state index contributed by atoms with van der Waals surface area (Å²) in [5.41, 5.74) is 1.37. The van der Waals surface area contributed by atoms with Crippen LogP contribution in [0.15, 0.2) is 48.5 Å². The standard InChI is InChI=1S/C22H23F2NO6/c1-25(13-16-5-4-6-17(11-16)28-2)20(26)14-30-21(27)10-8-15-7-9-18(31-22(23)24)19(12-15)29-3/h4-12,22H,13-14H2,1-3H3/b10-8+. The Kier molecular flexibility index (Phi) is 8.80. The summed E-state index contributed by atoms with van der Waals surface area (Å²) < 4.78 is 44.2. The van der Waals surface area contributed by atoms with Crippen LogP contribution in [0.4, 0.5) is 8.78 Å². The number of carbonyl (C=O) groups is 2. The maximum absolute atomic E-state index is 12.4. The van der Waals surface area contributed by atoms with Gasteiger partial charge in [-0.3, -0.25) is 4.79 Å². The number of likely N-dealkylation sites (N-methyl/N-ethyl adjacent to an activating group) is 1. The molecule has 1 amide bonds. The Bertz CT molecular complexity index is 932. The van der Waals surface area contributed by atoms with Crippen LogP contribution in [-0.2, 0) is 20.9 Å². The lowest BCUT2D eigenvalue weighted by Crippen LogP contribution is -2.30. The van der Waals surface area contributed by atoms with E-state index < -0.39 is 19.2 Å². The molecule has 0 saturated carbocycles. The van der Waals surface area contributed by atoms with Crippen molar-refractivity contribution in [2.45, 2.75) is 13.2 Å². The van der Waals surface area contributed by atoms with Crippen molar-refractivity contribution in [2.24, 2.45) is 0 Å². The minimum atomic E-state index is -2.98. The fourth-order valence-corrected chi connectivity index (χ4v) is 2.57. The highest BCUT2D eigenvalue weighted by atomic mass is 19.3. The third-order valence-electron chi connectivity index (χ3n) is 4.13. The topological polar surface area (TPSA) is 74.3 Å². The Morgan fingerprint density at radius 1 is 1.06 bits per heavy atom. The molecule has 0 aliphatic rings. The first-order valence-electron chi connectivity index (χ1n) is 9.17. The van der Waals surface area contributed by atoms with E-state index in [1.807, 2.05) is 18.2 Å². The molecule has 9 heteroatoms. The van der Waals surface area contributed by atoms with Gasteiger partial charge in [0, 0.05) is 19.7 Å². The van der Waals surface area contributed by atoms with E-state index in [4.69, 9.17) is 14.2 Å². The molecule has 0 saturated heterocycles. The lowest BCUT2D eigenvalue weighted by molar-refractivity contribution is -0.147. The molecule has 0 aromatic heterocycles. The minimum absolute atomic E-state index is 0.0881. The fourth-order valence-electron chi connectivity index (χ4n) is 2.57. The second kappa shape index (κ2) is 11.5. The number of hydrogen-bond acceptors (Lipinski definition) is 6. The maximum atomic E-state index is 12.4. The van der Waals surface area contributed by atoms with Crippen molar-refractivity contribution in [2.75, 3.05) is 27.9 Å². The van der Waals surface area contributed by atoms with Crippen LogP contribution in [0, 0.1) is 0 Å². The second-order valence-electron chi connectivity index (χ2n) is 6.33. The average Bonchev–Trinajstić information content (AvgIpc) is 2.76. The molecule has 0 aliphatic carbocycles. The number of esters is 1. The molecule has 0 fully saturated rings. The normalized spacial score (nSPS) is 10.8. The van der Waals surface area contributed by atoms with Crippen LogP contribution >= 0.6 is 0 Å². The van der Waals surface area contributed by atoms with Gasteiger partial charge in [0.05, 0.1) is 14.2 Å². The van der Waals surface area contributed by atoms with Crippen molar-refractivity contribution in [1.29, 1.82) is 0 Å². The van der Waals surface area contributed by atoms with Gasteiger partial charge < -0.3 is 23.8 Å². The molecule has 7 nitrogen and oxygen atoms in total. The molecule has 0 radical (unpaired) electrons. The van der Waals surface area contributed by atoms with Crippen molar-refractivity contribution >= 4 is 18.0 Å². The zero-order chi connectivity index (χ0) is 22.8. The number of halogens is 2. The van der Waals surface area contributed by atoms with Gasteiger partial charge in [0.2, 0.25) is 0 Å². The van der Waals surface area contributed by atoms with Crippen molar-refractivity contribution in [3.8, 4) is 17.2 Å². The van der Waals surface area contributed by atoms with Gasteiger partial charge in [0.1, 0.15) is 5.75 Å². The Balaban J connectivity index is 1.87. The van der Waals surface area contributed by atoms with Gasteiger partial charge in [-0.05, 0) is 41.5 Å². The molecule has 31 heavy (non-hydrogen) atoms. The zero-order valence-electron chi connectivity index (χ0n) is 17.3. The van der Waals surface area contributed by atoms with E-state index in [1.54, 1.807) is 20.2 Å². The summed E-state index contributed by atoms with van der Waals surface area (Å²) in [5, 5.41) is 0. The van der Waals surface area contributed by atoms with E-state index in [-0.39, 0.29) is 17.4 Å². The highest BCUT2D eigenvalue weighted by Crippen LogP contribution is 2.29. The number of benzene rings is 2. The number of alkyl halides is 2. The first-order chi connectivity index (χ1) is 14.8. The first kappa shape index (κ1) is 23.7. The highest BCUT2D eigenvalue weighted by molar-refractivity contribution is 5.89. The average molecular weight is 435 g/mol. The van der Waals surface area contributed by atoms with Gasteiger partial charge in [0.15, 0.2) is 18.1 Å². The highest BCUT2D eigenvalue weighted by Gasteiger charge is 2.13. The first-order valence-corrected chi connectivity index (χ1v) is 9.17. The summed E-state index contributed by atoms with van der Waals surface area (Å²) >= 11 is 0. The van der Waals surface area contributed by atoms with E-state index in [0.717, 1.165) is 11.6 Å². The lowest BCUT2D eigenvalue weighted by Gasteiger charge is -2.17. The number of nitrogens with zero attached hydrogens (tertiary/aromatic N) is 1. The van der Waals surface area contributed by atoms with Crippen LogP contribution < -0.4 is 14.2 Å². The van der Waals surface area contributed by atoms with Crippen LogP contribution in [0.1, 0.15) is 11.1 Å². The molecule has 0 bridgehead atoms. The Morgan fingerprint density at radius 2 is 1.84 bits per heavy atom. The van der Waals surface area contributed by atoms with E-state index in [9.17, 15) is 18.4 Å². The smallest absolute Gasteiger partial charge is 0.387 e. The summed E-state index contributed by atoms with van der Waals surface area (Å²) in [5.74, 6) is -0.456. The van der Waals surface area contributed by atoms with Crippen molar-refractivity contribution < 1.29 is 37.3 Å². The summed E-state index contributed by atoms with van der Waals surface area (Å²) in [6, 6.07) is 11.5.